The quantitative estimate of drug-likeness (QED) is 0.469. The maximum Gasteiger partial charge on any atom is 0.152 e. The highest BCUT2D eigenvalue weighted by Gasteiger charge is 2.30. The van der Waals surface area contributed by atoms with Gasteiger partial charge in [-0.25, -0.2) is 0 Å². The van der Waals surface area contributed by atoms with Gasteiger partial charge >= 0.3 is 0 Å². The van der Waals surface area contributed by atoms with Crippen molar-refractivity contribution < 1.29 is 0 Å². The largest absolute Gasteiger partial charge is 0.183 e. The number of rotatable bonds is 5. The van der Waals surface area contributed by atoms with Crippen LogP contribution in [0.15, 0.2) is 0 Å². The van der Waals surface area contributed by atoms with Gasteiger partial charge in [-0.05, 0) is 56.3 Å². The molecule has 0 heterocycles. The van der Waals surface area contributed by atoms with Gasteiger partial charge in [0.05, 0.1) is 0 Å². The van der Waals surface area contributed by atoms with E-state index in [1.807, 2.05) is 6.07 Å². The van der Waals surface area contributed by atoms with Crippen LogP contribution in [-0.2, 0) is 0 Å². The Labute approximate surface area is 131 Å². The van der Waals surface area contributed by atoms with Crippen molar-refractivity contribution in [2.75, 3.05) is 0 Å². The Kier molecular flexibility index (Phi) is 7.15. The van der Waals surface area contributed by atoms with E-state index >= 15 is 0 Å². The summed E-state index contributed by atoms with van der Waals surface area (Å²) < 4.78 is 0. The van der Waals surface area contributed by atoms with E-state index in [4.69, 9.17) is 5.26 Å². The molecule has 0 N–H and O–H groups in total. The molecule has 0 aromatic heterocycles. The molecule has 1 nitrogen and oxygen atoms in total. The topological polar surface area (TPSA) is 23.8 Å². The van der Waals surface area contributed by atoms with E-state index in [1.54, 1.807) is 0 Å². The first-order valence-corrected chi connectivity index (χ1v) is 9.23. The van der Waals surface area contributed by atoms with Crippen LogP contribution in [0, 0.1) is 46.8 Å². The molecule has 1 heteroatoms. The van der Waals surface area contributed by atoms with Gasteiger partial charge in [0.15, 0.2) is 6.07 Å². The van der Waals surface area contributed by atoms with Crippen LogP contribution in [0.5, 0.6) is 0 Å². The fourth-order valence-electron chi connectivity index (χ4n) is 4.50. The molecule has 2 rings (SSSR count). The van der Waals surface area contributed by atoms with Crippen molar-refractivity contribution >= 4 is 0 Å². The first-order chi connectivity index (χ1) is 10.3. The van der Waals surface area contributed by atoms with E-state index in [0.29, 0.717) is 5.92 Å². The molecule has 2 aliphatic rings. The molecule has 2 aliphatic carbocycles. The lowest BCUT2D eigenvalue weighted by atomic mass is 9.69. The number of unbranched alkanes of at least 4 members (excludes halogenated alkanes) is 2. The molecule has 0 unspecified atom stereocenters. The maximum atomic E-state index is 8.53. The van der Waals surface area contributed by atoms with E-state index in [1.165, 1.54) is 77.0 Å². The molecule has 0 bridgehead atoms. The predicted octanol–water partition coefficient (Wildman–Crippen LogP) is 5.71. The molecule has 2 fully saturated rings. The van der Waals surface area contributed by atoms with E-state index in [9.17, 15) is 0 Å². The molecule has 2 saturated carbocycles. The van der Waals surface area contributed by atoms with Gasteiger partial charge < -0.3 is 0 Å². The highest BCUT2D eigenvalue weighted by molar-refractivity contribution is 5.18. The van der Waals surface area contributed by atoms with Gasteiger partial charge in [-0.1, -0.05) is 51.4 Å². The van der Waals surface area contributed by atoms with Gasteiger partial charge in [-0.2, -0.15) is 5.26 Å². The molecular weight excluding hydrogens is 254 g/mol. The summed E-state index contributed by atoms with van der Waals surface area (Å²) >= 11 is 0. The van der Waals surface area contributed by atoms with Crippen LogP contribution < -0.4 is 0 Å². The van der Waals surface area contributed by atoms with Crippen LogP contribution in [0.4, 0.5) is 0 Å². The molecule has 0 amide bonds. The first kappa shape index (κ1) is 16.4. The minimum absolute atomic E-state index is 0.506. The monoisotopic (exact) mass is 285 g/mol. The number of nitriles is 1. The van der Waals surface area contributed by atoms with E-state index < -0.39 is 0 Å². The molecule has 0 spiro atoms. The second-order valence-corrected chi connectivity index (χ2v) is 7.27. The molecule has 0 aromatic rings. The summed E-state index contributed by atoms with van der Waals surface area (Å²) in [5.41, 5.74) is 0. The van der Waals surface area contributed by atoms with Gasteiger partial charge in [-0.15, -0.1) is 0 Å². The van der Waals surface area contributed by atoms with Crippen molar-refractivity contribution in [2.45, 2.75) is 84.0 Å². The molecule has 21 heavy (non-hydrogen) atoms. The van der Waals surface area contributed by atoms with Gasteiger partial charge in [0, 0.05) is 11.8 Å². The summed E-state index contributed by atoms with van der Waals surface area (Å²) in [7, 11) is 0. The predicted molar refractivity (Wildman–Crippen MR) is 88.4 cm³/mol. The Balaban J connectivity index is 1.66. The number of hydrogen-bond donors (Lipinski definition) is 0. The minimum atomic E-state index is 0.506. The summed E-state index contributed by atoms with van der Waals surface area (Å²) in [5, 5.41) is 8.53. The van der Waals surface area contributed by atoms with Crippen LogP contribution in [0.2, 0.25) is 0 Å². The van der Waals surface area contributed by atoms with Crippen molar-refractivity contribution in [3.05, 3.63) is 0 Å². The number of nitrogens with zero attached hydrogens (tertiary/aromatic N) is 1. The molecule has 0 atom stereocenters. The normalized spacial score (nSPS) is 32.8. The second kappa shape index (κ2) is 9.15. The van der Waals surface area contributed by atoms with Crippen LogP contribution in [0.3, 0.4) is 0 Å². The van der Waals surface area contributed by atoms with Gasteiger partial charge in [0.25, 0.3) is 0 Å². The summed E-state index contributed by atoms with van der Waals surface area (Å²) in [6.45, 7) is 2.30. The van der Waals surface area contributed by atoms with Crippen LogP contribution >= 0.6 is 0 Å². The first-order valence-electron chi connectivity index (χ1n) is 9.23. The fraction of sp³-hybridized carbons (Fsp3) is 0.850. The SMILES string of the molecule is CCCCCC1CCC(C2CCC(C#CC#N)CC2)CC1. The Morgan fingerprint density at radius 2 is 1.48 bits per heavy atom. The van der Waals surface area contributed by atoms with Crippen molar-refractivity contribution in [1.29, 1.82) is 5.26 Å². The lowest BCUT2D eigenvalue weighted by molar-refractivity contribution is 0.153. The van der Waals surface area contributed by atoms with Gasteiger partial charge in [-0.3, -0.25) is 0 Å². The van der Waals surface area contributed by atoms with Gasteiger partial charge in [0.1, 0.15) is 0 Å². The molecule has 0 aliphatic heterocycles. The van der Waals surface area contributed by atoms with Crippen molar-refractivity contribution in [3.8, 4) is 17.9 Å². The zero-order chi connectivity index (χ0) is 14.9. The third-order valence-electron chi connectivity index (χ3n) is 5.88. The fourth-order valence-corrected chi connectivity index (χ4v) is 4.50. The lowest BCUT2D eigenvalue weighted by Crippen LogP contribution is -2.25. The Bertz CT molecular complexity index is 378. The van der Waals surface area contributed by atoms with Crippen molar-refractivity contribution in [3.63, 3.8) is 0 Å². The maximum absolute atomic E-state index is 8.53. The molecule has 0 radical (unpaired) electrons. The summed E-state index contributed by atoms with van der Waals surface area (Å²) in [6, 6.07) is 1.95. The summed E-state index contributed by atoms with van der Waals surface area (Å²) in [5.74, 6) is 9.21. The Morgan fingerprint density at radius 3 is 2.05 bits per heavy atom. The third kappa shape index (κ3) is 5.39. The summed E-state index contributed by atoms with van der Waals surface area (Å²) in [6.07, 6.45) is 16.8. The third-order valence-corrected chi connectivity index (χ3v) is 5.88. The van der Waals surface area contributed by atoms with Crippen molar-refractivity contribution in [2.24, 2.45) is 23.7 Å². The number of hydrogen-bond acceptors (Lipinski definition) is 1. The zero-order valence-electron chi connectivity index (χ0n) is 13.7. The van der Waals surface area contributed by atoms with E-state index in [0.717, 1.165) is 17.8 Å². The Hall–Kier alpha value is -0.950. The van der Waals surface area contributed by atoms with E-state index in [-0.39, 0.29) is 0 Å². The average molecular weight is 285 g/mol. The molecular formula is C20H31N. The lowest BCUT2D eigenvalue weighted by Gasteiger charge is -2.37. The van der Waals surface area contributed by atoms with Crippen LogP contribution in [0.25, 0.3) is 0 Å². The zero-order valence-corrected chi connectivity index (χ0v) is 13.7. The molecule has 116 valence electrons. The smallest absolute Gasteiger partial charge is 0.152 e. The van der Waals surface area contributed by atoms with Gasteiger partial charge in [0.2, 0.25) is 0 Å². The minimum Gasteiger partial charge on any atom is -0.183 e. The Morgan fingerprint density at radius 1 is 0.857 bits per heavy atom. The highest BCUT2D eigenvalue weighted by Crippen LogP contribution is 2.42. The highest BCUT2D eigenvalue weighted by atomic mass is 14.3. The second-order valence-electron chi connectivity index (χ2n) is 7.27. The summed E-state index contributed by atoms with van der Waals surface area (Å²) in [4.78, 5) is 0. The van der Waals surface area contributed by atoms with E-state index in [2.05, 4.69) is 18.8 Å². The average Bonchev–Trinajstić information content (AvgIpc) is 2.54. The molecule has 0 saturated heterocycles. The molecule has 0 aromatic carbocycles. The standard InChI is InChI=1S/C20H31N/c1-2-3-4-6-17-8-12-19(13-9-17)20-14-10-18(11-15-20)7-5-16-21/h17-20H,2-4,6,8-15H2,1H3. The van der Waals surface area contributed by atoms with Crippen LogP contribution in [-0.4, -0.2) is 0 Å². The van der Waals surface area contributed by atoms with Crippen LogP contribution in [0.1, 0.15) is 84.0 Å². The van der Waals surface area contributed by atoms with Crippen molar-refractivity contribution in [1.82, 2.24) is 0 Å².